The Balaban J connectivity index is 2.51. The van der Waals surface area contributed by atoms with Gasteiger partial charge in [0.25, 0.3) is 0 Å². The van der Waals surface area contributed by atoms with Crippen LogP contribution in [0, 0.1) is 12.7 Å². The zero-order chi connectivity index (χ0) is 11.7. The number of halogens is 2. The Hall–Kier alpha value is -1.20. The van der Waals surface area contributed by atoms with Crippen molar-refractivity contribution in [2.75, 3.05) is 0 Å². The van der Waals surface area contributed by atoms with Gasteiger partial charge in [0.1, 0.15) is 5.82 Å². The zero-order valence-corrected chi connectivity index (χ0v) is 10.3. The van der Waals surface area contributed by atoms with E-state index in [1.807, 2.05) is 13.0 Å². The molecular weight excluding hydrogens is 273 g/mol. The minimum atomic E-state index is -0.301. The summed E-state index contributed by atoms with van der Waals surface area (Å²) in [6, 6.07) is 5.00. The second-order valence-corrected chi connectivity index (χ2v) is 4.36. The molecule has 0 unspecified atom stereocenters. The molecule has 5 heteroatoms. The van der Waals surface area contributed by atoms with E-state index in [1.165, 1.54) is 6.07 Å². The first-order valence-electron chi connectivity index (χ1n) is 4.82. The molecule has 0 spiro atoms. The fourth-order valence-electron chi connectivity index (χ4n) is 1.49. The Morgan fingerprint density at radius 2 is 2.25 bits per heavy atom. The van der Waals surface area contributed by atoms with E-state index in [0.717, 1.165) is 16.9 Å². The Morgan fingerprint density at radius 1 is 1.50 bits per heavy atom. The van der Waals surface area contributed by atoms with Gasteiger partial charge in [0, 0.05) is 18.8 Å². The number of nitrogens with zero attached hydrogens (tertiary/aromatic N) is 2. The van der Waals surface area contributed by atoms with Crippen LogP contribution in [0.4, 0.5) is 4.39 Å². The van der Waals surface area contributed by atoms with Crippen LogP contribution in [0.5, 0.6) is 0 Å². The van der Waals surface area contributed by atoms with Crippen LogP contribution in [-0.2, 0) is 6.54 Å². The maximum absolute atomic E-state index is 13.4. The first-order chi connectivity index (χ1) is 7.61. The molecule has 0 radical (unpaired) electrons. The third-order valence-electron chi connectivity index (χ3n) is 2.34. The second-order valence-electron chi connectivity index (χ2n) is 3.51. The predicted octanol–water partition coefficient (Wildman–Crippen LogP) is 2.54. The van der Waals surface area contributed by atoms with E-state index in [0.29, 0.717) is 11.0 Å². The van der Waals surface area contributed by atoms with Crippen molar-refractivity contribution in [3.8, 4) is 5.69 Å². The molecule has 3 nitrogen and oxygen atoms in total. The van der Waals surface area contributed by atoms with Gasteiger partial charge < -0.3 is 5.73 Å². The molecule has 0 bridgehead atoms. The molecule has 1 heterocycles. The number of hydrogen-bond donors (Lipinski definition) is 1. The molecular formula is C11H11BrFN3. The lowest BCUT2D eigenvalue weighted by Crippen LogP contribution is -2.02. The van der Waals surface area contributed by atoms with Crippen LogP contribution in [0.15, 0.2) is 28.9 Å². The van der Waals surface area contributed by atoms with Crippen molar-refractivity contribution in [2.45, 2.75) is 13.5 Å². The smallest absolute Gasteiger partial charge is 0.139 e. The minimum absolute atomic E-state index is 0.301. The Kier molecular flexibility index (Phi) is 3.07. The Labute approximate surface area is 101 Å². The van der Waals surface area contributed by atoms with Crippen LogP contribution < -0.4 is 5.73 Å². The van der Waals surface area contributed by atoms with Gasteiger partial charge in [-0.25, -0.2) is 9.07 Å². The number of nitrogens with two attached hydrogens (primary N) is 1. The highest BCUT2D eigenvalue weighted by atomic mass is 79.9. The minimum Gasteiger partial charge on any atom is -0.325 e. The zero-order valence-electron chi connectivity index (χ0n) is 8.74. The van der Waals surface area contributed by atoms with E-state index in [4.69, 9.17) is 5.73 Å². The van der Waals surface area contributed by atoms with Crippen molar-refractivity contribution >= 4 is 15.9 Å². The fourth-order valence-corrected chi connectivity index (χ4v) is 1.95. The van der Waals surface area contributed by atoms with E-state index in [9.17, 15) is 4.39 Å². The van der Waals surface area contributed by atoms with Gasteiger partial charge in [0.15, 0.2) is 0 Å². The van der Waals surface area contributed by atoms with Crippen molar-refractivity contribution in [3.63, 3.8) is 0 Å². The number of aryl methyl sites for hydroxylation is 1. The van der Waals surface area contributed by atoms with Crippen LogP contribution in [0.25, 0.3) is 5.69 Å². The molecule has 2 rings (SSSR count). The highest BCUT2D eigenvalue weighted by molar-refractivity contribution is 9.10. The molecule has 2 aromatic rings. The van der Waals surface area contributed by atoms with Crippen LogP contribution in [0.1, 0.15) is 11.3 Å². The first-order valence-corrected chi connectivity index (χ1v) is 5.61. The molecule has 1 aromatic heterocycles. The third kappa shape index (κ3) is 2.01. The summed E-state index contributed by atoms with van der Waals surface area (Å²) >= 11 is 3.15. The maximum atomic E-state index is 13.4. The lowest BCUT2D eigenvalue weighted by Gasteiger charge is -2.07. The molecule has 16 heavy (non-hydrogen) atoms. The highest BCUT2D eigenvalue weighted by Gasteiger charge is 2.08. The molecule has 0 fully saturated rings. The SMILES string of the molecule is Cc1cc(Br)c(F)cc1-n1ccc(CN)n1. The Morgan fingerprint density at radius 3 is 2.88 bits per heavy atom. The van der Waals surface area contributed by atoms with Crippen molar-refractivity contribution in [1.29, 1.82) is 0 Å². The number of hydrogen-bond acceptors (Lipinski definition) is 2. The van der Waals surface area contributed by atoms with Gasteiger partial charge >= 0.3 is 0 Å². The second kappa shape index (κ2) is 4.35. The summed E-state index contributed by atoms with van der Waals surface area (Å²) in [4.78, 5) is 0. The molecule has 84 valence electrons. The van der Waals surface area contributed by atoms with Gasteiger partial charge in [-0.15, -0.1) is 0 Å². The summed E-state index contributed by atoms with van der Waals surface area (Å²) in [7, 11) is 0. The third-order valence-corrected chi connectivity index (χ3v) is 2.95. The maximum Gasteiger partial charge on any atom is 0.139 e. The summed E-state index contributed by atoms with van der Waals surface area (Å²) in [6.45, 7) is 2.29. The fraction of sp³-hybridized carbons (Fsp3) is 0.182. The van der Waals surface area contributed by atoms with Gasteiger partial charge in [-0.2, -0.15) is 5.10 Å². The normalized spacial score (nSPS) is 10.8. The summed E-state index contributed by atoms with van der Waals surface area (Å²) in [5.74, 6) is -0.301. The molecule has 0 amide bonds. The molecule has 0 atom stereocenters. The van der Waals surface area contributed by atoms with Gasteiger partial charge in [-0.1, -0.05) is 0 Å². The van der Waals surface area contributed by atoms with E-state index in [1.54, 1.807) is 16.9 Å². The molecule has 1 aromatic carbocycles. The molecule has 0 saturated heterocycles. The average Bonchev–Trinajstić information content (AvgIpc) is 2.71. The van der Waals surface area contributed by atoms with E-state index >= 15 is 0 Å². The standard InChI is InChI=1S/C11H11BrFN3/c1-7-4-9(12)10(13)5-11(7)16-3-2-8(6-14)15-16/h2-5H,6,14H2,1H3. The van der Waals surface area contributed by atoms with Crippen molar-refractivity contribution in [2.24, 2.45) is 5.73 Å². The van der Waals surface area contributed by atoms with Crippen molar-refractivity contribution < 1.29 is 4.39 Å². The van der Waals surface area contributed by atoms with E-state index in [-0.39, 0.29) is 5.82 Å². The molecule has 2 N–H and O–H groups in total. The van der Waals surface area contributed by atoms with E-state index < -0.39 is 0 Å². The van der Waals surface area contributed by atoms with Gasteiger partial charge in [0.2, 0.25) is 0 Å². The molecule has 0 aliphatic rings. The van der Waals surface area contributed by atoms with Gasteiger partial charge in [-0.3, -0.25) is 0 Å². The predicted molar refractivity (Wildman–Crippen MR) is 63.9 cm³/mol. The molecule has 0 aliphatic carbocycles. The lowest BCUT2D eigenvalue weighted by atomic mass is 10.2. The summed E-state index contributed by atoms with van der Waals surface area (Å²) in [6.07, 6.45) is 1.78. The number of aromatic nitrogens is 2. The number of benzene rings is 1. The molecule has 0 aliphatic heterocycles. The average molecular weight is 284 g/mol. The Bertz CT molecular complexity index is 522. The van der Waals surface area contributed by atoms with Crippen LogP contribution in [0.3, 0.4) is 0 Å². The number of rotatable bonds is 2. The van der Waals surface area contributed by atoms with Crippen LogP contribution >= 0.6 is 15.9 Å². The van der Waals surface area contributed by atoms with Gasteiger partial charge in [-0.05, 0) is 40.5 Å². The quantitative estimate of drug-likeness (QED) is 0.921. The monoisotopic (exact) mass is 283 g/mol. The highest BCUT2D eigenvalue weighted by Crippen LogP contribution is 2.22. The largest absolute Gasteiger partial charge is 0.325 e. The van der Waals surface area contributed by atoms with Crippen molar-refractivity contribution in [3.05, 3.63) is 45.9 Å². The van der Waals surface area contributed by atoms with Crippen LogP contribution in [-0.4, -0.2) is 9.78 Å². The van der Waals surface area contributed by atoms with Gasteiger partial charge in [0.05, 0.1) is 15.9 Å². The van der Waals surface area contributed by atoms with E-state index in [2.05, 4.69) is 21.0 Å². The molecule has 0 saturated carbocycles. The summed E-state index contributed by atoms with van der Waals surface area (Å²) in [5.41, 5.74) is 7.92. The first kappa shape index (κ1) is 11.3. The lowest BCUT2D eigenvalue weighted by molar-refractivity contribution is 0.617. The summed E-state index contributed by atoms with van der Waals surface area (Å²) < 4.78 is 15.5. The summed E-state index contributed by atoms with van der Waals surface area (Å²) in [5, 5.41) is 4.24. The topological polar surface area (TPSA) is 43.8 Å². The van der Waals surface area contributed by atoms with Crippen LogP contribution in [0.2, 0.25) is 0 Å². The van der Waals surface area contributed by atoms with Crippen molar-refractivity contribution in [1.82, 2.24) is 9.78 Å².